The minimum atomic E-state index is -0.122. The van der Waals surface area contributed by atoms with E-state index in [4.69, 9.17) is 16.1 Å². The van der Waals surface area contributed by atoms with Gasteiger partial charge < -0.3 is 9.42 Å². The van der Waals surface area contributed by atoms with Crippen molar-refractivity contribution in [2.75, 3.05) is 11.4 Å². The molecule has 4 rings (SSSR count). The maximum absolute atomic E-state index is 12.6. The van der Waals surface area contributed by atoms with E-state index in [1.807, 2.05) is 44.2 Å². The zero-order valence-corrected chi connectivity index (χ0v) is 16.2. The van der Waals surface area contributed by atoms with Gasteiger partial charge in [-0.2, -0.15) is 4.98 Å². The molecule has 0 spiro atoms. The Bertz CT molecular complexity index is 1030. The molecule has 0 N–H and O–H groups in total. The fraction of sp³-hybridized carbons (Fsp3) is 0.286. The van der Waals surface area contributed by atoms with Crippen molar-refractivity contribution in [1.82, 2.24) is 10.1 Å². The standard InChI is InChI=1S/C21H20ClN3O2/c1-12-4-7-17(14(3)8-12)20-23-21(27-24-20)15-9-19(26)25(11-15)18-10-16(22)6-5-13(18)2/h4-8,10,15H,9,11H2,1-3H3. The average Bonchev–Trinajstić information content (AvgIpc) is 3.24. The Morgan fingerprint density at radius 1 is 1.11 bits per heavy atom. The number of halogens is 1. The lowest BCUT2D eigenvalue weighted by atomic mass is 10.1. The van der Waals surface area contributed by atoms with Crippen LogP contribution in [-0.2, 0) is 4.79 Å². The van der Waals surface area contributed by atoms with E-state index in [9.17, 15) is 4.79 Å². The van der Waals surface area contributed by atoms with Gasteiger partial charge in [-0.05, 0) is 44.0 Å². The van der Waals surface area contributed by atoms with Crippen LogP contribution in [0.1, 0.15) is 34.9 Å². The summed E-state index contributed by atoms with van der Waals surface area (Å²) >= 11 is 6.11. The summed E-state index contributed by atoms with van der Waals surface area (Å²) in [5, 5.41) is 4.75. The van der Waals surface area contributed by atoms with Crippen LogP contribution in [0.25, 0.3) is 11.4 Å². The zero-order valence-electron chi connectivity index (χ0n) is 15.5. The molecule has 1 aliphatic heterocycles. The molecule has 1 saturated heterocycles. The molecule has 27 heavy (non-hydrogen) atoms. The first-order chi connectivity index (χ1) is 12.9. The second kappa shape index (κ2) is 6.82. The highest BCUT2D eigenvalue weighted by Gasteiger charge is 2.35. The number of rotatable bonds is 3. The molecule has 0 aliphatic carbocycles. The third-order valence-corrected chi connectivity index (χ3v) is 5.24. The smallest absolute Gasteiger partial charge is 0.232 e. The van der Waals surface area contributed by atoms with Gasteiger partial charge in [-0.3, -0.25) is 4.79 Å². The summed E-state index contributed by atoms with van der Waals surface area (Å²) in [5.74, 6) is 0.979. The Kier molecular flexibility index (Phi) is 4.48. The predicted octanol–water partition coefficient (Wildman–Crippen LogP) is 4.84. The highest BCUT2D eigenvalue weighted by atomic mass is 35.5. The van der Waals surface area contributed by atoms with E-state index in [-0.39, 0.29) is 11.8 Å². The molecule has 6 heteroatoms. The van der Waals surface area contributed by atoms with Gasteiger partial charge in [0.2, 0.25) is 17.6 Å². The van der Waals surface area contributed by atoms with Crippen molar-refractivity contribution in [2.24, 2.45) is 0 Å². The van der Waals surface area contributed by atoms with Crippen LogP contribution in [0.3, 0.4) is 0 Å². The fourth-order valence-corrected chi connectivity index (χ4v) is 3.72. The quantitative estimate of drug-likeness (QED) is 0.651. The lowest BCUT2D eigenvalue weighted by Gasteiger charge is -2.18. The maximum Gasteiger partial charge on any atom is 0.232 e. The fourth-order valence-electron chi connectivity index (χ4n) is 3.55. The highest BCUT2D eigenvalue weighted by Crippen LogP contribution is 2.34. The van der Waals surface area contributed by atoms with Crippen LogP contribution in [0.2, 0.25) is 5.02 Å². The van der Waals surface area contributed by atoms with Crippen LogP contribution < -0.4 is 4.90 Å². The Morgan fingerprint density at radius 3 is 2.70 bits per heavy atom. The van der Waals surface area contributed by atoms with Crippen LogP contribution in [0, 0.1) is 20.8 Å². The van der Waals surface area contributed by atoms with E-state index in [0.29, 0.717) is 29.7 Å². The molecule has 1 atom stereocenters. The molecule has 2 aromatic carbocycles. The number of anilines is 1. The van der Waals surface area contributed by atoms with Crippen molar-refractivity contribution in [2.45, 2.75) is 33.1 Å². The number of hydrogen-bond donors (Lipinski definition) is 0. The second-order valence-electron chi connectivity index (χ2n) is 7.11. The molecule has 1 unspecified atom stereocenters. The van der Waals surface area contributed by atoms with Crippen molar-refractivity contribution in [3.8, 4) is 11.4 Å². The van der Waals surface area contributed by atoms with Gasteiger partial charge in [0.05, 0.1) is 5.92 Å². The van der Waals surface area contributed by atoms with E-state index in [1.165, 1.54) is 5.56 Å². The van der Waals surface area contributed by atoms with E-state index >= 15 is 0 Å². The molecule has 2 heterocycles. The second-order valence-corrected chi connectivity index (χ2v) is 7.55. The van der Waals surface area contributed by atoms with Gasteiger partial charge >= 0.3 is 0 Å². The number of aryl methyl sites for hydroxylation is 3. The van der Waals surface area contributed by atoms with Gasteiger partial charge in [0.15, 0.2) is 0 Å². The summed E-state index contributed by atoms with van der Waals surface area (Å²) in [5.41, 5.74) is 5.08. The van der Waals surface area contributed by atoms with Gasteiger partial charge in [-0.15, -0.1) is 0 Å². The van der Waals surface area contributed by atoms with Gasteiger partial charge in [-0.1, -0.05) is 46.6 Å². The zero-order chi connectivity index (χ0) is 19.1. The topological polar surface area (TPSA) is 59.2 Å². The van der Waals surface area contributed by atoms with Gasteiger partial charge in [0.25, 0.3) is 0 Å². The third kappa shape index (κ3) is 3.35. The van der Waals surface area contributed by atoms with Gasteiger partial charge in [0.1, 0.15) is 0 Å². The average molecular weight is 382 g/mol. The van der Waals surface area contributed by atoms with E-state index in [1.54, 1.807) is 4.90 Å². The van der Waals surface area contributed by atoms with Gasteiger partial charge in [0, 0.05) is 29.2 Å². The first-order valence-electron chi connectivity index (χ1n) is 8.90. The number of nitrogens with zero attached hydrogens (tertiary/aromatic N) is 3. The minimum Gasteiger partial charge on any atom is -0.339 e. The minimum absolute atomic E-state index is 0.0385. The summed E-state index contributed by atoms with van der Waals surface area (Å²) in [6.07, 6.45) is 0.348. The molecular formula is C21H20ClN3O2. The number of carbonyl (C=O) groups excluding carboxylic acids is 1. The lowest BCUT2D eigenvalue weighted by molar-refractivity contribution is -0.117. The molecule has 138 valence electrons. The molecule has 0 radical (unpaired) electrons. The summed E-state index contributed by atoms with van der Waals surface area (Å²) in [7, 11) is 0. The van der Waals surface area contributed by atoms with Crippen molar-refractivity contribution < 1.29 is 9.32 Å². The van der Waals surface area contributed by atoms with Gasteiger partial charge in [-0.25, -0.2) is 0 Å². The van der Waals surface area contributed by atoms with Crippen molar-refractivity contribution in [1.29, 1.82) is 0 Å². The molecule has 5 nitrogen and oxygen atoms in total. The molecule has 3 aromatic rings. The molecular weight excluding hydrogens is 362 g/mol. The first-order valence-corrected chi connectivity index (χ1v) is 9.28. The molecule has 0 bridgehead atoms. The number of carbonyl (C=O) groups is 1. The highest BCUT2D eigenvalue weighted by molar-refractivity contribution is 6.31. The maximum atomic E-state index is 12.6. The van der Waals surface area contributed by atoms with E-state index in [2.05, 4.69) is 23.1 Å². The Balaban J connectivity index is 1.60. The Morgan fingerprint density at radius 2 is 1.93 bits per heavy atom. The molecule has 1 amide bonds. The van der Waals surface area contributed by atoms with E-state index < -0.39 is 0 Å². The van der Waals surface area contributed by atoms with Crippen LogP contribution in [-0.4, -0.2) is 22.6 Å². The summed E-state index contributed by atoms with van der Waals surface area (Å²) in [4.78, 5) is 18.9. The number of aromatic nitrogens is 2. The molecule has 1 aromatic heterocycles. The van der Waals surface area contributed by atoms with Crippen molar-refractivity contribution in [3.05, 3.63) is 64.0 Å². The monoisotopic (exact) mass is 381 g/mol. The largest absolute Gasteiger partial charge is 0.339 e. The molecule has 0 saturated carbocycles. The number of benzene rings is 2. The SMILES string of the molecule is Cc1ccc(-c2noc(C3CC(=O)N(c4cc(Cl)ccc4C)C3)n2)c(C)c1. The Labute approximate surface area is 163 Å². The predicted molar refractivity (Wildman–Crippen MR) is 105 cm³/mol. The molecule has 1 aliphatic rings. The van der Waals surface area contributed by atoms with Crippen molar-refractivity contribution >= 4 is 23.2 Å². The van der Waals surface area contributed by atoms with E-state index in [0.717, 1.165) is 22.4 Å². The van der Waals surface area contributed by atoms with Crippen LogP contribution >= 0.6 is 11.6 Å². The van der Waals surface area contributed by atoms with Crippen LogP contribution in [0.15, 0.2) is 40.9 Å². The first kappa shape index (κ1) is 17.7. The number of hydrogen-bond acceptors (Lipinski definition) is 4. The van der Waals surface area contributed by atoms with Crippen molar-refractivity contribution in [3.63, 3.8) is 0 Å². The lowest BCUT2D eigenvalue weighted by Crippen LogP contribution is -2.25. The van der Waals surface area contributed by atoms with Crippen LogP contribution in [0.4, 0.5) is 5.69 Å². The number of amides is 1. The third-order valence-electron chi connectivity index (χ3n) is 5.00. The Hall–Kier alpha value is -2.66. The summed E-state index contributed by atoms with van der Waals surface area (Å²) in [6.45, 7) is 6.56. The molecule has 1 fully saturated rings. The summed E-state index contributed by atoms with van der Waals surface area (Å²) < 4.78 is 5.51. The summed E-state index contributed by atoms with van der Waals surface area (Å²) in [6, 6.07) is 11.7. The van der Waals surface area contributed by atoms with Crippen LogP contribution in [0.5, 0.6) is 0 Å². The normalized spacial score (nSPS) is 17.0.